The van der Waals surface area contributed by atoms with Gasteiger partial charge < -0.3 is 5.73 Å². The summed E-state index contributed by atoms with van der Waals surface area (Å²) in [7, 11) is 0. The molecule has 0 radical (unpaired) electrons. The van der Waals surface area contributed by atoms with E-state index in [1.165, 1.54) is 0 Å². The smallest absolute Gasteiger partial charge is 0.152 e. The Balaban J connectivity index is 4.70. The summed E-state index contributed by atoms with van der Waals surface area (Å²) in [5, 5.41) is 0. The van der Waals surface area contributed by atoms with Crippen LogP contribution >= 0.6 is 0 Å². The van der Waals surface area contributed by atoms with Crippen LogP contribution in [0.3, 0.4) is 0 Å². The summed E-state index contributed by atoms with van der Waals surface area (Å²) in [5.74, 6) is 0.306. The average molecular weight is 212 g/mol. The highest BCUT2D eigenvalue weighted by Gasteiger charge is 2.25. The summed E-state index contributed by atoms with van der Waals surface area (Å²) >= 11 is 0. The van der Waals surface area contributed by atoms with E-state index in [1.54, 1.807) is 0 Å². The van der Waals surface area contributed by atoms with Crippen LogP contribution < -0.4 is 5.73 Å². The summed E-state index contributed by atoms with van der Waals surface area (Å²) in [5.41, 5.74) is 6.19. The van der Waals surface area contributed by atoms with E-state index in [2.05, 4.69) is 25.3 Å². The number of ketones is 1. The fraction of sp³-hybridized carbons (Fsp3) is 0.750. The molecule has 3 heteroatoms. The molecule has 1 unspecified atom stereocenters. The van der Waals surface area contributed by atoms with Crippen molar-refractivity contribution in [3.63, 3.8) is 0 Å². The van der Waals surface area contributed by atoms with E-state index >= 15 is 0 Å². The summed E-state index contributed by atoms with van der Waals surface area (Å²) in [6.45, 7) is 13.4. The zero-order valence-electron chi connectivity index (χ0n) is 10.4. The fourth-order valence-corrected chi connectivity index (χ4v) is 1.71. The van der Waals surface area contributed by atoms with E-state index in [4.69, 9.17) is 5.73 Å². The van der Waals surface area contributed by atoms with Crippen LogP contribution in [0.25, 0.3) is 0 Å². The van der Waals surface area contributed by atoms with Gasteiger partial charge in [-0.3, -0.25) is 9.69 Å². The van der Waals surface area contributed by atoms with Gasteiger partial charge in [0.1, 0.15) is 0 Å². The zero-order valence-corrected chi connectivity index (χ0v) is 10.4. The largest absolute Gasteiger partial charge is 0.402 e. The highest BCUT2D eigenvalue weighted by molar-refractivity contribution is 5.86. The summed E-state index contributed by atoms with van der Waals surface area (Å²) in [6, 6.07) is -0.0995. The van der Waals surface area contributed by atoms with Gasteiger partial charge in [-0.2, -0.15) is 0 Å². The summed E-state index contributed by atoms with van der Waals surface area (Å²) in [6.07, 6.45) is 0.568. The maximum atomic E-state index is 12.0. The third kappa shape index (κ3) is 4.47. The SMILES string of the molecule is C=C(N)CC(C(=O)C(C)C)N(CC)CC. The molecule has 0 aliphatic carbocycles. The molecule has 0 saturated carbocycles. The van der Waals surface area contributed by atoms with Crippen molar-refractivity contribution in [2.24, 2.45) is 11.7 Å². The zero-order chi connectivity index (χ0) is 12.0. The minimum atomic E-state index is -0.0995. The number of carbonyl (C=O) groups excluding carboxylic acids is 1. The Labute approximate surface area is 93.3 Å². The van der Waals surface area contributed by atoms with Gasteiger partial charge in [0.15, 0.2) is 5.78 Å². The van der Waals surface area contributed by atoms with Crippen LogP contribution in [0.2, 0.25) is 0 Å². The lowest BCUT2D eigenvalue weighted by molar-refractivity contribution is -0.127. The van der Waals surface area contributed by atoms with Crippen molar-refractivity contribution in [1.82, 2.24) is 4.90 Å². The quantitative estimate of drug-likeness (QED) is 0.700. The van der Waals surface area contributed by atoms with Crippen LogP contribution in [-0.2, 0) is 4.79 Å². The maximum Gasteiger partial charge on any atom is 0.152 e. The van der Waals surface area contributed by atoms with Crippen molar-refractivity contribution in [2.75, 3.05) is 13.1 Å². The summed E-state index contributed by atoms with van der Waals surface area (Å²) in [4.78, 5) is 14.1. The number of rotatable bonds is 7. The van der Waals surface area contributed by atoms with Gasteiger partial charge in [-0.15, -0.1) is 0 Å². The van der Waals surface area contributed by atoms with Crippen LogP contribution in [0.5, 0.6) is 0 Å². The lowest BCUT2D eigenvalue weighted by Crippen LogP contribution is -2.43. The molecule has 0 heterocycles. The molecule has 0 saturated heterocycles. The fourth-order valence-electron chi connectivity index (χ4n) is 1.71. The van der Waals surface area contributed by atoms with Gasteiger partial charge in [0.2, 0.25) is 0 Å². The van der Waals surface area contributed by atoms with Gasteiger partial charge in [0.25, 0.3) is 0 Å². The lowest BCUT2D eigenvalue weighted by atomic mass is 9.97. The molecule has 0 rings (SSSR count). The average Bonchev–Trinajstić information content (AvgIpc) is 2.16. The molecule has 0 amide bonds. The Morgan fingerprint density at radius 2 is 1.80 bits per heavy atom. The van der Waals surface area contributed by atoms with Crippen LogP contribution in [0.15, 0.2) is 12.3 Å². The predicted molar refractivity (Wildman–Crippen MR) is 64.5 cm³/mol. The van der Waals surface area contributed by atoms with Crippen molar-refractivity contribution >= 4 is 5.78 Å². The molecule has 15 heavy (non-hydrogen) atoms. The molecular weight excluding hydrogens is 188 g/mol. The first kappa shape index (κ1) is 14.2. The molecule has 0 aromatic rings. The van der Waals surface area contributed by atoms with Gasteiger partial charge in [-0.25, -0.2) is 0 Å². The third-order valence-electron chi connectivity index (χ3n) is 2.61. The molecular formula is C12H24N2O. The van der Waals surface area contributed by atoms with Crippen molar-refractivity contribution in [3.8, 4) is 0 Å². The normalized spacial score (nSPS) is 13.2. The maximum absolute atomic E-state index is 12.0. The van der Waals surface area contributed by atoms with Crippen molar-refractivity contribution in [1.29, 1.82) is 0 Å². The minimum Gasteiger partial charge on any atom is -0.402 e. The Morgan fingerprint density at radius 3 is 2.07 bits per heavy atom. The highest BCUT2D eigenvalue weighted by atomic mass is 16.1. The first-order chi connectivity index (χ1) is 6.93. The Kier molecular flexibility index (Phi) is 6.25. The monoisotopic (exact) mass is 212 g/mol. The number of nitrogens with two attached hydrogens (primary N) is 1. The van der Waals surface area contributed by atoms with Crippen LogP contribution in [-0.4, -0.2) is 29.8 Å². The van der Waals surface area contributed by atoms with E-state index in [0.717, 1.165) is 13.1 Å². The summed E-state index contributed by atoms with van der Waals surface area (Å²) < 4.78 is 0. The number of hydrogen-bond donors (Lipinski definition) is 1. The van der Waals surface area contributed by atoms with Gasteiger partial charge in [-0.1, -0.05) is 34.3 Å². The van der Waals surface area contributed by atoms with Gasteiger partial charge >= 0.3 is 0 Å². The third-order valence-corrected chi connectivity index (χ3v) is 2.61. The highest BCUT2D eigenvalue weighted by Crippen LogP contribution is 2.13. The molecule has 1 atom stereocenters. The van der Waals surface area contributed by atoms with E-state index < -0.39 is 0 Å². The van der Waals surface area contributed by atoms with E-state index in [0.29, 0.717) is 12.1 Å². The molecule has 3 nitrogen and oxygen atoms in total. The molecule has 0 aliphatic heterocycles. The number of Topliss-reactive ketones (excluding diaryl/α,β-unsaturated/α-hetero) is 1. The molecule has 0 aromatic carbocycles. The topological polar surface area (TPSA) is 46.3 Å². The van der Waals surface area contributed by atoms with Crippen molar-refractivity contribution in [3.05, 3.63) is 12.3 Å². The van der Waals surface area contributed by atoms with Gasteiger partial charge in [-0.05, 0) is 13.1 Å². The lowest BCUT2D eigenvalue weighted by Gasteiger charge is -2.29. The molecule has 0 spiro atoms. The Bertz CT molecular complexity index is 220. The molecule has 0 fully saturated rings. The predicted octanol–water partition coefficient (Wildman–Crippen LogP) is 1.78. The second kappa shape index (κ2) is 6.62. The van der Waals surface area contributed by atoms with E-state index in [9.17, 15) is 4.79 Å². The van der Waals surface area contributed by atoms with Crippen LogP contribution in [0.4, 0.5) is 0 Å². The number of hydrogen-bond acceptors (Lipinski definition) is 3. The molecule has 0 bridgehead atoms. The number of carbonyl (C=O) groups is 1. The standard InChI is InChI=1S/C12H24N2O/c1-6-14(7-2)11(8-10(5)13)12(15)9(3)4/h9,11H,5-8,13H2,1-4H3. The molecule has 2 N–H and O–H groups in total. The molecule has 0 aromatic heterocycles. The van der Waals surface area contributed by atoms with Crippen molar-refractivity contribution < 1.29 is 4.79 Å². The first-order valence-corrected chi connectivity index (χ1v) is 5.65. The van der Waals surface area contributed by atoms with Gasteiger partial charge in [0, 0.05) is 18.0 Å². The Hall–Kier alpha value is -0.830. The van der Waals surface area contributed by atoms with E-state index in [1.807, 2.05) is 13.8 Å². The number of nitrogens with zero attached hydrogens (tertiary/aromatic N) is 1. The second-order valence-electron chi connectivity index (χ2n) is 4.16. The second-order valence-corrected chi connectivity index (χ2v) is 4.16. The van der Waals surface area contributed by atoms with Crippen LogP contribution in [0, 0.1) is 5.92 Å². The number of likely N-dealkylation sites (N-methyl/N-ethyl adjacent to an activating group) is 1. The van der Waals surface area contributed by atoms with Crippen LogP contribution in [0.1, 0.15) is 34.1 Å². The van der Waals surface area contributed by atoms with Crippen molar-refractivity contribution in [2.45, 2.75) is 40.2 Å². The molecule has 88 valence electrons. The first-order valence-electron chi connectivity index (χ1n) is 5.65. The van der Waals surface area contributed by atoms with Gasteiger partial charge in [0.05, 0.1) is 6.04 Å². The van der Waals surface area contributed by atoms with E-state index in [-0.39, 0.29) is 17.7 Å². The molecule has 0 aliphatic rings. The Morgan fingerprint density at radius 1 is 1.33 bits per heavy atom. The minimum absolute atomic E-state index is 0.0509.